The van der Waals surface area contributed by atoms with Crippen LogP contribution in [0.3, 0.4) is 0 Å². The Balaban J connectivity index is 1.64. The first-order chi connectivity index (χ1) is 17.1. The number of hydrogen-bond donors (Lipinski definition) is 1. The molecule has 1 unspecified atom stereocenters. The van der Waals surface area contributed by atoms with Gasteiger partial charge in [-0.1, -0.05) is 26.0 Å². The van der Waals surface area contributed by atoms with Gasteiger partial charge in [-0.2, -0.15) is 0 Å². The lowest BCUT2D eigenvalue weighted by Gasteiger charge is -2.18. The quantitative estimate of drug-likeness (QED) is 0.291. The standard InChI is InChI=1S/C29H33NO5/c1-5-30(6-2)17-18-34-23-13-7-20(8-14-23)28(31)27-25-16-15-24(33-4)19-26(25)35-29(27)21-9-11-22(32-3)12-10-21/h7-16,19,28,31H,5-6,17-18H2,1-4H3. The summed E-state index contributed by atoms with van der Waals surface area (Å²) in [4.78, 5) is 2.32. The van der Waals surface area contributed by atoms with Crippen molar-refractivity contribution in [2.24, 2.45) is 0 Å². The SMILES string of the molecule is CCN(CC)CCOc1ccc(C(O)c2c(-c3ccc(OC)cc3)oc3cc(OC)ccc23)cc1. The fourth-order valence-electron chi connectivity index (χ4n) is 4.20. The molecule has 4 aromatic rings. The molecule has 0 bridgehead atoms. The summed E-state index contributed by atoms with van der Waals surface area (Å²) >= 11 is 0. The van der Waals surface area contributed by atoms with Crippen molar-refractivity contribution in [3.05, 3.63) is 77.9 Å². The van der Waals surface area contributed by atoms with E-state index in [-0.39, 0.29) is 0 Å². The summed E-state index contributed by atoms with van der Waals surface area (Å²) in [6, 6.07) is 20.9. The first-order valence-corrected chi connectivity index (χ1v) is 12.0. The van der Waals surface area contributed by atoms with Gasteiger partial charge in [0, 0.05) is 29.1 Å². The average molecular weight is 476 g/mol. The number of benzene rings is 3. The number of hydrogen-bond acceptors (Lipinski definition) is 6. The van der Waals surface area contributed by atoms with Crippen LogP contribution in [0.4, 0.5) is 0 Å². The molecular weight excluding hydrogens is 442 g/mol. The lowest BCUT2D eigenvalue weighted by Crippen LogP contribution is -2.27. The Bertz CT molecular complexity index is 1230. The van der Waals surface area contributed by atoms with Crippen LogP contribution >= 0.6 is 0 Å². The normalized spacial score (nSPS) is 12.2. The van der Waals surface area contributed by atoms with Gasteiger partial charge in [0.15, 0.2) is 0 Å². The van der Waals surface area contributed by atoms with Crippen molar-refractivity contribution >= 4 is 11.0 Å². The molecule has 0 spiro atoms. The fraction of sp³-hybridized carbons (Fsp3) is 0.310. The zero-order valence-electron chi connectivity index (χ0n) is 20.8. The van der Waals surface area contributed by atoms with Crippen LogP contribution < -0.4 is 14.2 Å². The third kappa shape index (κ3) is 5.45. The Hall–Kier alpha value is -3.48. The highest BCUT2D eigenvalue weighted by atomic mass is 16.5. The van der Waals surface area contributed by atoms with Gasteiger partial charge in [0.1, 0.15) is 41.3 Å². The van der Waals surface area contributed by atoms with Crippen LogP contribution in [-0.4, -0.2) is 50.5 Å². The Morgan fingerprint density at radius 2 is 1.46 bits per heavy atom. The van der Waals surface area contributed by atoms with E-state index in [4.69, 9.17) is 18.6 Å². The Labute approximate surface area is 206 Å². The maximum absolute atomic E-state index is 11.5. The molecule has 0 amide bonds. The summed E-state index contributed by atoms with van der Waals surface area (Å²) in [5, 5.41) is 12.3. The second kappa shape index (κ2) is 11.3. The second-order valence-corrected chi connectivity index (χ2v) is 8.28. The minimum absolute atomic E-state index is 0.614. The van der Waals surface area contributed by atoms with E-state index in [1.54, 1.807) is 14.2 Å². The molecule has 0 aliphatic rings. The number of likely N-dealkylation sites (N-methyl/N-ethyl adjacent to an activating group) is 1. The third-order valence-corrected chi connectivity index (χ3v) is 6.33. The van der Waals surface area contributed by atoms with E-state index in [1.165, 1.54) is 0 Å². The number of rotatable bonds is 11. The largest absolute Gasteiger partial charge is 0.497 e. The topological polar surface area (TPSA) is 64.3 Å². The highest BCUT2D eigenvalue weighted by molar-refractivity contribution is 5.90. The zero-order chi connectivity index (χ0) is 24.8. The fourth-order valence-corrected chi connectivity index (χ4v) is 4.20. The van der Waals surface area contributed by atoms with Gasteiger partial charge in [-0.15, -0.1) is 0 Å². The van der Waals surface area contributed by atoms with Crippen molar-refractivity contribution in [2.45, 2.75) is 20.0 Å². The molecule has 3 aromatic carbocycles. The van der Waals surface area contributed by atoms with Crippen molar-refractivity contribution in [3.8, 4) is 28.6 Å². The summed E-state index contributed by atoms with van der Waals surface area (Å²) in [6.07, 6.45) is -0.883. The van der Waals surface area contributed by atoms with Crippen LogP contribution in [0.1, 0.15) is 31.1 Å². The van der Waals surface area contributed by atoms with Crippen LogP contribution in [0.25, 0.3) is 22.3 Å². The van der Waals surface area contributed by atoms with Crippen molar-refractivity contribution in [1.82, 2.24) is 4.90 Å². The molecular formula is C29H33NO5. The lowest BCUT2D eigenvalue weighted by atomic mass is 9.96. The molecule has 1 aromatic heterocycles. The average Bonchev–Trinajstić information content (AvgIpc) is 3.29. The van der Waals surface area contributed by atoms with E-state index in [0.29, 0.717) is 29.3 Å². The van der Waals surface area contributed by atoms with E-state index in [1.807, 2.05) is 66.7 Å². The van der Waals surface area contributed by atoms with Crippen molar-refractivity contribution in [1.29, 1.82) is 0 Å². The highest BCUT2D eigenvalue weighted by Gasteiger charge is 2.24. The number of fused-ring (bicyclic) bond motifs is 1. The van der Waals surface area contributed by atoms with Crippen LogP contribution in [-0.2, 0) is 0 Å². The molecule has 184 valence electrons. The minimum Gasteiger partial charge on any atom is -0.497 e. The first-order valence-electron chi connectivity index (χ1n) is 12.0. The lowest BCUT2D eigenvalue weighted by molar-refractivity contribution is 0.218. The molecule has 35 heavy (non-hydrogen) atoms. The smallest absolute Gasteiger partial charge is 0.141 e. The minimum atomic E-state index is -0.883. The first kappa shape index (κ1) is 24.6. The zero-order valence-corrected chi connectivity index (χ0v) is 20.8. The summed E-state index contributed by atoms with van der Waals surface area (Å²) in [5.41, 5.74) is 2.98. The maximum atomic E-state index is 11.5. The van der Waals surface area contributed by atoms with Crippen LogP contribution in [0, 0.1) is 0 Å². The predicted molar refractivity (Wildman–Crippen MR) is 139 cm³/mol. The third-order valence-electron chi connectivity index (χ3n) is 6.33. The number of furan rings is 1. The highest BCUT2D eigenvalue weighted by Crippen LogP contribution is 2.41. The maximum Gasteiger partial charge on any atom is 0.141 e. The predicted octanol–water partition coefficient (Wildman–Crippen LogP) is 5.92. The van der Waals surface area contributed by atoms with Gasteiger partial charge in [-0.3, -0.25) is 0 Å². The molecule has 0 fully saturated rings. The molecule has 1 N–H and O–H groups in total. The van der Waals surface area contributed by atoms with E-state index in [2.05, 4.69) is 18.7 Å². The van der Waals surface area contributed by atoms with Gasteiger partial charge >= 0.3 is 0 Å². The number of nitrogens with zero attached hydrogens (tertiary/aromatic N) is 1. The molecule has 0 radical (unpaired) electrons. The van der Waals surface area contributed by atoms with Crippen molar-refractivity contribution < 1.29 is 23.7 Å². The van der Waals surface area contributed by atoms with Gasteiger partial charge in [0.05, 0.1) is 14.2 Å². The molecule has 0 saturated heterocycles. The summed E-state index contributed by atoms with van der Waals surface area (Å²) in [6.45, 7) is 7.82. The molecule has 1 atom stereocenters. The van der Waals surface area contributed by atoms with Crippen molar-refractivity contribution in [3.63, 3.8) is 0 Å². The number of aliphatic hydroxyl groups excluding tert-OH is 1. The summed E-state index contributed by atoms with van der Waals surface area (Å²) < 4.78 is 22.8. The van der Waals surface area contributed by atoms with Crippen LogP contribution in [0.2, 0.25) is 0 Å². The molecule has 6 heteroatoms. The van der Waals surface area contributed by atoms with E-state index in [9.17, 15) is 5.11 Å². The Kier molecular flexibility index (Phi) is 7.95. The van der Waals surface area contributed by atoms with Gasteiger partial charge in [0.25, 0.3) is 0 Å². The summed E-state index contributed by atoms with van der Waals surface area (Å²) in [7, 11) is 3.25. The second-order valence-electron chi connectivity index (χ2n) is 8.28. The molecule has 0 aliphatic heterocycles. The van der Waals surface area contributed by atoms with Gasteiger partial charge in [0.2, 0.25) is 0 Å². The molecule has 1 heterocycles. The Morgan fingerprint density at radius 1 is 0.829 bits per heavy atom. The Morgan fingerprint density at radius 3 is 2.09 bits per heavy atom. The monoisotopic (exact) mass is 475 g/mol. The number of aliphatic hydroxyl groups is 1. The van der Waals surface area contributed by atoms with E-state index < -0.39 is 6.10 Å². The van der Waals surface area contributed by atoms with Gasteiger partial charge < -0.3 is 28.6 Å². The molecule has 6 nitrogen and oxygen atoms in total. The molecule has 4 rings (SSSR count). The number of methoxy groups -OCH3 is 2. The molecule has 0 aliphatic carbocycles. The van der Waals surface area contributed by atoms with Crippen LogP contribution in [0.5, 0.6) is 17.2 Å². The van der Waals surface area contributed by atoms with Gasteiger partial charge in [-0.05, 0) is 67.2 Å². The van der Waals surface area contributed by atoms with Crippen LogP contribution in [0.15, 0.2) is 71.1 Å². The summed E-state index contributed by atoms with van der Waals surface area (Å²) in [5.74, 6) is 2.85. The number of ether oxygens (including phenoxy) is 3. The van der Waals surface area contributed by atoms with Crippen molar-refractivity contribution in [2.75, 3.05) is 40.5 Å². The van der Waals surface area contributed by atoms with E-state index >= 15 is 0 Å². The van der Waals surface area contributed by atoms with E-state index in [0.717, 1.165) is 47.6 Å². The van der Waals surface area contributed by atoms with Gasteiger partial charge in [-0.25, -0.2) is 0 Å². The molecule has 0 saturated carbocycles.